The largest absolute Gasteiger partial charge is 0.416 e. The van der Waals surface area contributed by atoms with Crippen molar-refractivity contribution in [2.75, 3.05) is 11.9 Å². The lowest BCUT2D eigenvalue weighted by atomic mass is 10.1. The van der Waals surface area contributed by atoms with E-state index in [9.17, 15) is 27.6 Å². The van der Waals surface area contributed by atoms with Crippen molar-refractivity contribution in [2.24, 2.45) is 0 Å². The van der Waals surface area contributed by atoms with Crippen LogP contribution in [0, 0.1) is 0 Å². The Hall–Kier alpha value is -3.82. The number of nitrogens with zero attached hydrogens (tertiary/aromatic N) is 1. The molecule has 0 spiro atoms. The lowest BCUT2D eigenvalue weighted by molar-refractivity contribution is -0.137. The van der Waals surface area contributed by atoms with Crippen LogP contribution < -0.4 is 10.6 Å². The molecule has 2 heterocycles. The van der Waals surface area contributed by atoms with Gasteiger partial charge in [0.05, 0.1) is 5.56 Å². The number of aromatic amines is 1. The van der Waals surface area contributed by atoms with E-state index in [1.165, 1.54) is 6.07 Å². The number of carbonyl (C=O) groups excluding carboxylic acids is 3. The van der Waals surface area contributed by atoms with Gasteiger partial charge in [0.25, 0.3) is 5.91 Å². The average molecular weight is 430 g/mol. The van der Waals surface area contributed by atoms with Crippen LogP contribution in [0.1, 0.15) is 11.1 Å². The van der Waals surface area contributed by atoms with E-state index >= 15 is 0 Å². The fourth-order valence-corrected chi connectivity index (χ4v) is 3.50. The molecule has 1 fully saturated rings. The number of hydrogen-bond acceptors (Lipinski definition) is 3. The molecule has 0 aliphatic carbocycles. The van der Waals surface area contributed by atoms with Gasteiger partial charge in [-0.2, -0.15) is 13.2 Å². The second kappa shape index (κ2) is 7.78. The van der Waals surface area contributed by atoms with Gasteiger partial charge >= 0.3 is 12.2 Å². The number of alkyl halides is 3. The summed E-state index contributed by atoms with van der Waals surface area (Å²) in [7, 11) is 0. The van der Waals surface area contributed by atoms with E-state index in [4.69, 9.17) is 0 Å². The highest BCUT2D eigenvalue weighted by Crippen LogP contribution is 2.30. The molecule has 0 unspecified atom stereocenters. The van der Waals surface area contributed by atoms with Crippen molar-refractivity contribution in [3.05, 3.63) is 65.9 Å². The Bertz CT molecular complexity index is 1170. The van der Waals surface area contributed by atoms with Gasteiger partial charge in [-0.3, -0.25) is 14.5 Å². The van der Waals surface area contributed by atoms with Crippen molar-refractivity contribution in [3.63, 3.8) is 0 Å². The summed E-state index contributed by atoms with van der Waals surface area (Å²) in [6, 6.07) is 10.0. The van der Waals surface area contributed by atoms with Crippen molar-refractivity contribution in [3.8, 4) is 0 Å². The van der Waals surface area contributed by atoms with Crippen LogP contribution >= 0.6 is 0 Å². The number of hydrogen-bond donors (Lipinski definition) is 3. The maximum Gasteiger partial charge on any atom is 0.416 e. The first kappa shape index (κ1) is 20.5. The topological polar surface area (TPSA) is 94.3 Å². The number of fused-ring (bicyclic) bond motifs is 1. The van der Waals surface area contributed by atoms with Gasteiger partial charge in [0.2, 0.25) is 5.91 Å². The molecule has 0 saturated carbocycles. The number of anilines is 1. The Kier molecular flexibility index (Phi) is 5.14. The molecule has 10 heteroatoms. The Morgan fingerprint density at radius 2 is 1.87 bits per heavy atom. The first-order valence-corrected chi connectivity index (χ1v) is 9.36. The molecule has 160 valence electrons. The van der Waals surface area contributed by atoms with Gasteiger partial charge in [0.15, 0.2) is 0 Å². The van der Waals surface area contributed by atoms with Gasteiger partial charge in [0.1, 0.15) is 12.6 Å². The van der Waals surface area contributed by atoms with Crippen LogP contribution in [-0.2, 0) is 22.2 Å². The molecule has 4 amide bonds. The van der Waals surface area contributed by atoms with Crippen molar-refractivity contribution in [1.82, 2.24) is 15.2 Å². The van der Waals surface area contributed by atoms with Crippen molar-refractivity contribution >= 4 is 34.4 Å². The molecule has 31 heavy (non-hydrogen) atoms. The predicted molar refractivity (Wildman–Crippen MR) is 106 cm³/mol. The van der Waals surface area contributed by atoms with Gasteiger partial charge in [0, 0.05) is 29.2 Å². The van der Waals surface area contributed by atoms with Gasteiger partial charge in [-0.15, -0.1) is 0 Å². The summed E-state index contributed by atoms with van der Waals surface area (Å²) in [5.74, 6) is -1.36. The maximum atomic E-state index is 12.8. The maximum absolute atomic E-state index is 12.8. The number of nitrogens with one attached hydrogen (secondary N) is 3. The van der Waals surface area contributed by atoms with Crippen LogP contribution in [0.2, 0.25) is 0 Å². The quantitative estimate of drug-likeness (QED) is 0.542. The molecular weight excluding hydrogens is 413 g/mol. The van der Waals surface area contributed by atoms with Crippen molar-refractivity contribution in [1.29, 1.82) is 0 Å². The minimum Gasteiger partial charge on any atom is -0.361 e. The summed E-state index contributed by atoms with van der Waals surface area (Å²) in [5.41, 5.74) is 0.734. The van der Waals surface area contributed by atoms with Gasteiger partial charge in [-0.1, -0.05) is 24.3 Å². The second-order valence-electron chi connectivity index (χ2n) is 7.12. The number of aromatic nitrogens is 1. The SMILES string of the molecule is O=C(CN1C(=O)N[C@@H](Cc2c[nH]c3ccccc23)C1=O)Nc1cccc(C(F)(F)F)c1. The van der Waals surface area contributed by atoms with E-state index < -0.39 is 42.2 Å². The monoisotopic (exact) mass is 430 g/mol. The molecule has 3 N–H and O–H groups in total. The second-order valence-corrected chi connectivity index (χ2v) is 7.12. The fourth-order valence-electron chi connectivity index (χ4n) is 3.50. The molecule has 1 aliphatic rings. The third-order valence-corrected chi connectivity index (χ3v) is 4.98. The van der Waals surface area contributed by atoms with Crippen molar-refractivity contribution < 1.29 is 27.6 Å². The smallest absolute Gasteiger partial charge is 0.361 e. The Balaban J connectivity index is 1.42. The third kappa shape index (κ3) is 4.23. The van der Waals surface area contributed by atoms with E-state index in [1.807, 2.05) is 24.3 Å². The molecule has 1 aliphatic heterocycles. The van der Waals surface area contributed by atoms with Crippen LogP contribution in [-0.4, -0.2) is 40.3 Å². The average Bonchev–Trinajstić information content (AvgIpc) is 3.24. The van der Waals surface area contributed by atoms with Crippen LogP contribution in [0.4, 0.5) is 23.7 Å². The molecule has 1 atom stereocenters. The first-order valence-electron chi connectivity index (χ1n) is 9.36. The number of urea groups is 1. The minimum absolute atomic E-state index is 0.0813. The van der Waals surface area contributed by atoms with Crippen LogP contribution in [0.3, 0.4) is 0 Å². The van der Waals surface area contributed by atoms with E-state index in [2.05, 4.69) is 15.6 Å². The number of amides is 4. The summed E-state index contributed by atoms with van der Waals surface area (Å²) in [6.07, 6.45) is -2.56. The zero-order valence-electron chi connectivity index (χ0n) is 16.0. The summed E-state index contributed by atoms with van der Waals surface area (Å²) < 4.78 is 38.4. The Morgan fingerprint density at radius 3 is 2.65 bits per heavy atom. The summed E-state index contributed by atoms with van der Waals surface area (Å²) in [6.45, 7) is -0.606. The number of imide groups is 1. The molecule has 1 saturated heterocycles. The highest BCUT2D eigenvalue weighted by Gasteiger charge is 2.39. The molecule has 0 bridgehead atoms. The van der Waals surface area contributed by atoms with Crippen molar-refractivity contribution in [2.45, 2.75) is 18.6 Å². The molecule has 3 aromatic rings. The Morgan fingerprint density at radius 1 is 1.10 bits per heavy atom. The van der Waals surface area contributed by atoms with E-state index in [-0.39, 0.29) is 12.1 Å². The zero-order valence-corrected chi connectivity index (χ0v) is 16.0. The molecular formula is C21H17F3N4O3. The molecule has 0 radical (unpaired) electrons. The summed E-state index contributed by atoms with van der Waals surface area (Å²) in [5, 5.41) is 5.76. The van der Waals surface area contributed by atoms with Crippen LogP contribution in [0.25, 0.3) is 10.9 Å². The molecule has 7 nitrogen and oxygen atoms in total. The van der Waals surface area contributed by atoms with E-state index in [0.717, 1.165) is 39.6 Å². The van der Waals surface area contributed by atoms with Crippen LogP contribution in [0.15, 0.2) is 54.7 Å². The molecule has 4 rings (SSSR count). The molecule has 2 aromatic carbocycles. The number of benzene rings is 2. The number of carbonyl (C=O) groups is 3. The normalized spacial score (nSPS) is 16.6. The van der Waals surface area contributed by atoms with E-state index in [0.29, 0.717) is 0 Å². The van der Waals surface area contributed by atoms with E-state index in [1.54, 1.807) is 6.20 Å². The lowest BCUT2D eigenvalue weighted by Crippen LogP contribution is -2.38. The summed E-state index contributed by atoms with van der Waals surface area (Å²) in [4.78, 5) is 41.0. The van der Waals surface area contributed by atoms with Gasteiger partial charge in [-0.25, -0.2) is 4.79 Å². The van der Waals surface area contributed by atoms with Gasteiger partial charge < -0.3 is 15.6 Å². The standard InChI is InChI=1S/C21H17F3N4O3/c22-21(23,24)13-4-3-5-14(9-13)26-18(29)11-28-19(30)17(27-20(28)31)8-12-10-25-16-7-2-1-6-15(12)16/h1-7,9-10,17,25H,8,11H2,(H,26,29)(H,27,31)/t17-/m0/s1. The Labute approximate surface area is 174 Å². The first-order chi connectivity index (χ1) is 14.7. The highest BCUT2D eigenvalue weighted by molar-refractivity contribution is 6.08. The van der Waals surface area contributed by atoms with Gasteiger partial charge in [-0.05, 0) is 29.8 Å². The summed E-state index contributed by atoms with van der Waals surface area (Å²) >= 11 is 0. The minimum atomic E-state index is -4.55. The predicted octanol–water partition coefficient (Wildman–Crippen LogP) is 3.29. The number of rotatable bonds is 5. The number of para-hydroxylation sites is 1. The number of H-pyrrole nitrogens is 1. The van der Waals surface area contributed by atoms with Crippen LogP contribution in [0.5, 0.6) is 0 Å². The highest BCUT2D eigenvalue weighted by atomic mass is 19.4. The number of halogens is 3. The molecule has 1 aromatic heterocycles. The zero-order chi connectivity index (χ0) is 22.2. The third-order valence-electron chi connectivity index (χ3n) is 4.98. The fraction of sp³-hybridized carbons (Fsp3) is 0.190. The lowest BCUT2D eigenvalue weighted by Gasteiger charge is -2.14.